The number of rotatable bonds is 9. The van der Waals surface area contributed by atoms with Crippen molar-refractivity contribution in [3.8, 4) is 0 Å². The molecule has 18 heavy (non-hydrogen) atoms. The molecule has 0 saturated heterocycles. The number of carboxylic acid groups (broad SMARTS) is 3. The van der Waals surface area contributed by atoms with E-state index in [0.717, 1.165) is 0 Å². The Kier molecular flexibility index (Phi) is 18.0. The van der Waals surface area contributed by atoms with Gasteiger partial charge in [0.1, 0.15) is 0 Å². The van der Waals surface area contributed by atoms with Crippen molar-refractivity contribution in [3.63, 3.8) is 0 Å². The zero-order chi connectivity index (χ0) is 12.6. The fraction of sp³-hybridized carbons (Fsp3) is 0.667. The molecule has 0 aromatic rings. The van der Waals surface area contributed by atoms with Crippen LogP contribution < -0.4 is 0 Å². The van der Waals surface area contributed by atoms with E-state index in [1.807, 2.05) is 0 Å². The van der Waals surface area contributed by atoms with E-state index in [-0.39, 0.29) is 98.0 Å². The number of nitrogens with zero attached hydrogens (tertiary/aromatic N) is 1. The summed E-state index contributed by atoms with van der Waals surface area (Å²) in [6, 6.07) is 0. The minimum atomic E-state index is -0.990. The van der Waals surface area contributed by atoms with Crippen LogP contribution in [0.5, 0.6) is 0 Å². The Morgan fingerprint density at radius 1 is 0.667 bits per heavy atom. The van der Waals surface area contributed by atoms with Crippen molar-refractivity contribution in [2.24, 2.45) is 0 Å². The molecule has 0 aromatic carbocycles. The smallest absolute Gasteiger partial charge is 0.304 e. The molecule has 0 spiro atoms. The molecule has 2 radical (unpaired) electrons. The average Bonchev–Trinajstić information content (AvgIpc) is 2.15. The zero-order valence-corrected chi connectivity index (χ0v) is 14.8. The molecule has 0 amide bonds. The van der Waals surface area contributed by atoms with Gasteiger partial charge in [0.05, 0.1) is 19.3 Å². The number of hydrogen-bond acceptors (Lipinski definition) is 4. The quantitative estimate of drug-likeness (QED) is 0.461. The molecule has 0 saturated carbocycles. The maximum absolute atomic E-state index is 10.3. The van der Waals surface area contributed by atoms with Gasteiger partial charge < -0.3 is 20.2 Å². The number of carbonyl (C=O) groups is 3. The summed E-state index contributed by atoms with van der Waals surface area (Å²) >= 11 is 0. The van der Waals surface area contributed by atoms with Crippen LogP contribution in [0.25, 0.3) is 0 Å². The summed E-state index contributed by atoms with van der Waals surface area (Å²) in [4.78, 5) is 32.5. The molecule has 0 aliphatic heterocycles. The van der Waals surface area contributed by atoms with E-state index < -0.39 is 17.9 Å². The molecule has 94 valence electrons. The summed E-state index contributed by atoms with van der Waals surface area (Å²) in [5.74, 6) is -2.97. The molecule has 9 heteroatoms. The van der Waals surface area contributed by atoms with E-state index in [2.05, 4.69) is 0 Å². The predicted molar refractivity (Wildman–Crippen MR) is 64.7 cm³/mol. The molecule has 3 N–H and O–H groups in total. The first kappa shape index (κ1) is 23.5. The SMILES string of the molecule is O=C(O)CCN(CCC(=O)O)CCC(=O)O.[Na].[Na]. The minimum absolute atomic E-state index is 0. The van der Waals surface area contributed by atoms with E-state index in [4.69, 9.17) is 15.3 Å². The molecule has 0 atom stereocenters. The molecule has 7 nitrogen and oxygen atoms in total. The maximum Gasteiger partial charge on any atom is 0.304 e. The Morgan fingerprint density at radius 3 is 1.06 bits per heavy atom. The largest absolute Gasteiger partial charge is 0.481 e. The monoisotopic (exact) mass is 279 g/mol. The van der Waals surface area contributed by atoms with Gasteiger partial charge in [-0.25, -0.2) is 0 Å². The first-order valence-electron chi connectivity index (χ1n) is 4.79. The van der Waals surface area contributed by atoms with Gasteiger partial charge in [-0.3, -0.25) is 14.4 Å². The van der Waals surface area contributed by atoms with E-state index >= 15 is 0 Å². The van der Waals surface area contributed by atoms with Crippen LogP contribution in [0.2, 0.25) is 0 Å². The summed E-state index contributed by atoms with van der Waals surface area (Å²) in [6.07, 6.45) is -0.377. The Labute approximate surface area is 149 Å². The van der Waals surface area contributed by atoms with Crippen molar-refractivity contribution >= 4 is 77.0 Å². The van der Waals surface area contributed by atoms with Crippen molar-refractivity contribution in [1.29, 1.82) is 0 Å². The summed E-state index contributed by atoms with van der Waals surface area (Å²) in [5, 5.41) is 25.4. The van der Waals surface area contributed by atoms with Gasteiger partial charge in [0.2, 0.25) is 0 Å². The molecule has 0 aliphatic carbocycles. The summed E-state index contributed by atoms with van der Waals surface area (Å²) < 4.78 is 0. The first-order valence-corrected chi connectivity index (χ1v) is 4.79. The van der Waals surface area contributed by atoms with Gasteiger partial charge >= 0.3 is 17.9 Å². The van der Waals surface area contributed by atoms with Crippen LogP contribution in [-0.4, -0.2) is 117 Å². The molecule has 0 fully saturated rings. The van der Waals surface area contributed by atoms with Gasteiger partial charge in [-0.05, 0) is 0 Å². The van der Waals surface area contributed by atoms with E-state index in [1.54, 1.807) is 0 Å². The van der Waals surface area contributed by atoms with E-state index in [1.165, 1.54) is 4.90 Å². The van der Waals surface area contributed by atoms with Crippen molar-refractivity contribution in [1.82, 2.24) is 4.90 Å². The van der Waals surface area contributed by atoms with Crippen molar-refractivity contribution in [2.75, 3.05) is 19.6 Å². The molecule has 0 unspecified atom stereocenters. The van der Waals surface area contributed by atoms with Gasteiger partial charge in [-0.15, -0.1) is 0 Å². The predicted octanol–water partition coefficient (Wildman–Crippen LogP) is -1.05. The summed E-state index contributed by atoms with van der Waals surface area (Å²) in [6.45, 7) is 0.488. The number of carboxylic acids is 3. The summed E-state index contributed by atoms with van der Waals surface area (Å²) in [7, 11) is 0. The Hall–Kier alpha value is 0.370. The standard InChI is InChI=1S/C9H15NO6.2Na/c11-7(12)1-4-10(5-2-8(13)14)6-3-9(15)16;;/h1-6H2,(H,11,12)(H,13,14)(H,15,16);;. The Morgan fingerprint density at radius 2 is 0.889 bits per heavy atom. The normalized spacial score (nSPS) is 9.17. The Bertz CT molecular complexity index is 231. The van der Waals surface area contributed by atoms with Gasteiger partial charge in [-0.2, -0.15) is 0 Å². The van der Waals surface area contributed by atoms with Crippen LogP contribution in [0.3, 0.4) is 0 Å². The third kappa shape index (κ3) is 16.4. The third-order valence-corrected chi connectivity index (χ3v) is 1.93. The van der Waals surface area contributed by atoms with Gasteiger partial charge in [0.15, 0.2) is 0 Å². The van der Waals surface area contributed by atoms with Crippen LogP contribution in [-0.2, 0) is 14.4 Å². The molecule has 0 heterocycles. The second kappa shape index (κ2) is 13.8. The van der Waals surface area contributed by atoms with E-state index in [9.17, 15) is 14.4 Å². The van der Waals surface area contributed by atoms with Crippen LogP contribution in [0, 0.1) is 0 Å². The maximum atomic E-state index is 10.3. The van der Waals surface area contributed by atoms with Crippen molar-refractivity contribution in [2.45, 2.75) is 19.3 Å². The molecule has 0 bridgehead atoms. The minimum Gasteiger partial charge on any atom is -0.481 e. The average molecular weight is 279 g/mol. The molecule has 0 aliphatic rings. The molecule has 0 aromatic heterocycles. The van der Waals surface area contributed by atoms with E-state index in [0.29, 0.717) is 0 Å². The molecule has 0 rings (SSSR count). The second-order valence-corrected chi connectivity index (χ2v) is 3.27. The second-order valence-electron chi connectivity index (χ2n) is 3.27. The van der Waals surface area contributed by atoms with Crippen LogP contribution in [0.1, 0.15) is 19.3 Å². The molecular formula is C9H15NNa2O6. The van der Waals surface area contributed by atoms with Gasteiger partial charge in [0.25, 0.3) is 0 Å². The van der Waals surface area contributed by atoms with Crippen molar-refractivity contribution < 1.29 is 29.7 Å². The summed E-state index contributed by atoms with van der Waals surface area (Å²) in [5.41, 5.74) is 0. The number of hydrogen-bond donors (Lipinski definition) is 3. The van der Waals surface area contributed by atoms with Gasteiger partial charge in [0, 0.05) is 78.7 Å². The molecular weight excluding hydrogens is 264 g/mol. The third-order valence-electron chi connectivity index (χ3n) is 1.93. The zero-order valence-electron chi connectivity index (χ0n) is 10.8. The fourth-order valence-corrected chi connectivity index (χ4v) is 1.10. The first-order chi connectivity index (χ1) is 7.41. The van der Waals surface area contributed by atoms with Crippen LogP contribution in [0.4, 0.5) is 0 Å². The fourth-order valence-electron chi connectivity index (χ4n) is 1.10. The topological polar surface area (TPSA) is 115 Å². The Balaban J connectivity index is -0.00000112. The number of aliphatic carboxylic acids is 3. The van der Waals surface area contributed by atoms with Crippen LogP contribution >= 0.6 is 0 Å². The van der Waals surface area contributed by atoms with Crippen LogP contribution in [0.15, 0.2) is 0 Å². The van der Waals surface area contributed by atoms with Crippen molar-refractivity contribution in [3.05, 3.63) is 0 Å². The van der Waals surface area contributed by atoms with Gasteiger partial charge in [-0.1, -0.05) is 0 Å².